The van der Waals surface area contributed by atoms with Crippen LogP contribution < -0.4 is 19.3 Å². The summed E-state index contributed by atoms with van der Waals surface area (Å²) in [6.07, 6.45) is 4.81. The lowest BCUT2D eigenvalue weighted by atomic mass is 9.86. The van der Waals surface area contributed by atoms with E-state index < -0.39 is 22.7 Å². The van der Waals surface area contributed by atoms with Crippen molar-refractivity contribution in [2.24, 2.45) is 0 Å². The van der Waals surface area contributed by atoms with Crippen LogP contribution in [-0.2, 0) is 21.5 Å². The first-order valence-electron chi connectivity index (χ1n) is 10.7. The molecule has 3 aliphatic rings. The van der Waals surface area contributed by atoms with Gasteiger partial charge in [0.25, 0.3) is 0 Å². The van der Waals surface area contributed by atoms with Crippen LogP contribution in [0.4, 0.5) is 20.3 Å². The number of halogens is 2. The molecule has 1 saturated heterocycles. The molecular weight excluding hydrogens is 420 g/mol. The van der Waals surface area contributed by atoms with Gasteiger partial charge >= 0.3 is 0 Å². The Kier molecular flexibility index (Phi) is 4.96. The highest BCUT2D eigenvalue weighted by molar-refractivity contribution is 6.05. The number of carbonyl (C=O) groups is 1. The van der Waals surface area contributed by atoms with Crippen LogP contribution in [0, 0.1) is 11.6 Å². The fourth-order valence-electron chi connectivity index (χ4n) is 4.76. The Morgan fingerprint density at radius 3 is 2.44 bits per heavy atom. The Labute approximate surface area is 184 Å². The summed E-state index contributed by atoms with van der Waals surface area (Å²) in [5, 5.41) is 0. The van der Waals surface area contributed by atoms with Gasteiger partial charge in [0.1, 0.15) is 17.7 Å². The number of rotatable bonds is 5. The van der Waals surface area contributed by atoms with Gasteiger partial charge in [-0.1, -0.05) is 0 Å². The number of nitrogens with zero attached hydrogens (tertiary/aromatic N) is 3. The molecular formula is C23H25F2N3O4. The van der Waals surface area contributed by atoms with Gasteiger partial charge in [0, 0.05) is 25.9 Å². The number of aromatic nitrogens is 1. The SMILES string of the molecule is COc1cc(OC)c(F)c(N2Cc3cnc(N(C)[C@@H]4CCCO4)cc3C3(CC3)C2=O)c1F. The monoisotopic (exact) mass is 445 g/mol. The molecule has 1 aromatic heterocycles. The van der Waals surface area contributed by atoms with E-state index in [1.165, 1.54) is 14.2 Å². The highest BCUT2D eigenvalue weighted by Crippen LogP contribution is 2.55. The average molecular weight is 445 g/mol. The number of amides is 1. The molecule has 2 fully saturated rings. The summed E-state index contributed by atoms with van der Waals surface area (Å²) in [7, 11) is 4.49. The molecule has 32 heavy (non-hydrogen) atoms. The van der Waals surface area contributed by atoms with E-state index in [4.69, 9.17) is 14.2 Å². The second-order valence-corrected chi connectivity index (χ2v) is 8.51. The topological polar surface area (TPSA) is 64.1 Å². The Balaban J connectivity index is 1.57. The van der Waals surface area contributed by atoms with E-state index in [1.807, 2.05) is 18.0 Å². The summed E-state index contributed by atoms with van der Waals surface area (Å²) in [5.41, 5.74) is 0.401. The van der Waals surface area contributed by atoms with Gasteiger partial charge < -0.3 is 24.0 Å². The van der Waals surface area contributed by atoms with E-state index in [2.05, 4.69) is 4.98 Å². The minimum absolute atomic E-state index is 0.0109. The number of methoxy groups -OCH3 is 2. The van der Waals surface area contributed by atoms with E-state index in [0.29, 0.717) is 12.8 Å². The van der Waals surface area contributed by atoms with E-state index in [-0.39, 0.29) is 30.2 Å². The molecule has 1 saturated carbocycles. The zero-order valence-corrected chi connectivity index (χ0v) is 18.3. The van der Waals surface area contributed by atoms with Crippen molar-refractivity contribution in [3.8, 4) is 11.5 Å². The first kappa shape index (κ1) is 20.9. The lowest BCUT2D eigenvalue weighted by Gasteiger charge is -2.36. The van der Waals surface area contributed by atoms with Gasteiger partial charge in [0.05, 0.1) is 26.2 Å². The predicted molar refractivity (Wildman–Crippen MR) is 113 cm³/mol. The van der Waals surface area contributed by atoms with E-state index in [9.17, 15) is 4.79 Å². The Hall–Kier alpha value is -2.94. The number of hydrogen-bond donors (Lipinski definition) is 0. The molecule has 1 aromatic carbocycles. The van der Waals surface area contributed by atoms with Crippen molar-refractivity contribution < 1.29 is 27.8 Å². The molecule has 1 amide bonds. The molecule has 1 atom stereocenters. The number of fused-ring (bicyclic) bond motifs is 2. The van der Waals surface area contributed by atoms with Crippen LogP contribution in [0.3, 0.4) is 0 Å². The number of benzene rings is 1. The third kappa shape index (κ3) is 3.02. The smallest absolute Gasteiger partial charge is 0.238 e. The molecule has 7 nitrogen and oxygen atoms in total. The molecule has 0 unspecified atom stereocenters. The van der Waals surface area contributed by atoms with Crippen LogP contribution in [-0.4, -0.2) is 45.0 Å². The number of anilines is 2. The number of ether oxygens (including phenoxy) is 3. The zero-order valence-electron chi connectivity index (χ0n) is 18.3. The van der Waals surface area contributed by atoms with Crippen LogP contribution in [0.25, 0.3) is 0 Å². The van der Waals surface area contributed by atoms with Gasteiger partial charge in [0.15, 0.2) is 23.1 Å². The van der Waals surface area contributed by atoms with Gasteiger partial charge in [0.2, 0.25) is 5.91 Å². The summed E-state index contributed by atoms with van der Waals surface area (Å²) in [4.78, 5) is 21.3. The molecule has 2 aliphatic heterocycles. The van der Waals surface area contributed by atoms with E-state index in [1.54, 1.807) is 6.20 Å². The molecule has 170 valence electrons. The molecule has 0 radical (unpaired) electrons. The molecule has 0 bridgehead atoms. The molecule has 2 aromatic rings. The summed E-state index contributed by atoms with van der Waals surface area (Å²) in [6, 6.07) is 3.07. The Bertz CT molecular complexity index is 1060. The van der Waals surface area contributed by atoms with Crippen molar-refractivity contribution in [1.29, 1.82) is 0 Å². The maximum Gasteiger partial charge on any atom is 0.238 e. The third-order valence-corrected chi connectivity index (χ3v) is 6.74. The molecule has 1 aliphatic carbocycles. The fourth-order valence-corrected chi connectivity index (χ4v) is 4.76. The van der Waals surface area contributed by atoms with Gasteiger partial charge in [-0.3, -0.25) is 4.79 Å². The number of carbonyl (C=O) groups excluding carboxylic acids is 1. The van der Waals surface area contributed by atoms with Crippen molar-refractivity contribution in [2.45, 2.75) is 43.9 Å². The van der Waals surface area contributed by atoms with Crippen LogP contribution in [0.15, 0.2) is 18.3 Å². The first-order valence-corrected chi connectivity index (χ1v) is 10.7. The second-order valence-electron chi connectivity index (χ2n) is 8.51. The van der Waals surface area contributed by atoms with Crippen molar-refractivity contribution in [1.82, 2.24) is 4.98 Å². The number of pyridine rings is 1. The quantitative estimate of drug-likeness (QED) is 0.702. The van der Waals surface area contributed by atoms with Gasteiger partial charge in [-0.2, -0.15) is 0 Å². The standard InChI is InChI=1S/C23H25F2N3O4/c1-27(18-5-4-8-32-18)17-9-14-13(11-26-17)12-28(22(29)23(14)6-7-23)21-19(24)15(30-2)10-16(31-3)20(21)25/h9-11,18H,4-8,12H2,1-3H3/t18-/m0/s1. The maximum atomic E-state index is 15.1. The zero-order chi connectivity index (χ0) is 22.6. The Morgan fingerprint density at radius 1 is 1.19 bits per heavy atom. The minimum Gasteiger partial charge on any atom is -0.493 e. The van der Waals surface area contributed by atoms with Gasteiger partial charge in [-0.05, 0) is 42.9 Å². The summed E-state index contributed by atoms with van der Waals surface area (Å²) in [6.45, 7) is 0.732. The molecule has 0 N–H and O–H groups in total. The molecule has 1 spiro atoms. The third-order valence-electron chi connectivity index (χ3n) is 6.74. The van der Waals surface area contributed by atoms with Crippen LogP contribution in [0.2, 0.25) is 0 Å². The highest BCUT2D eigenvalue weighted by Gasteiger charge is 2.57. The average Bonchev–Trinajstić information content (AvgIpc) is 3.41. The highest BCUT2D eigenvalue weighted by atomic mass is 19.1. The van der Waals surface area contributed by atoms with E-state index in [0.717, 1.165) is 47.4 Å². The first-order chi connectivity index (χ1) is 15.4. The largest absolute Gasteiger partial charge is 0.493 e. The molecule has 5 rings (SSSR count). The van der Waals surface area contributed by atoms with Crippen molar-refractivity contribution in [2.75, 3.05) is 37.7 Å². The lowest BCUT2D eigenvalue weighted by Crippen LogP contribution is -2.45. The summed E-state index contributed by atoms with van der Waals surface area (Å²) >= 11 is 0. The van der Waals surface area contributed by atoms with E-state index >= 15 is 8.78 Å². The summed E-state index contributed by atoms with van der Waals surface area (Å²) in [5.74, 6) is -1.83. The minimum atomic E-state index is -0.930. The fraction of sp³-hybridized carbons (Fsp3) is 0.478. The van der Waals surface area contributed by atoms with Gasteiger partial charge in [-0.25, -0.2) is 13.8 Å². The molecule has 3 heterocycles. The Morgan fingerprint density at radius 2 is 1.88 bits per heavy atom. The van der Waals surface area contributed by atoms with Crippen LogP contribution in [0.1, 0.15) is 36.8 Å². The summed E-state index contributed by atoms with van der Waals surface area (Å²) < 4.78 is 46.1. The lowest BCUT2D eigenvalue weighted by molar-refractivity contribution is -0.121. The molecule has 9 heteroatoms. The van der Waals surface area contributed by atoms with Crippen molar-refractivity contribution in [3.05, 3.63) is 41.1 Å². The normalized spacial score (nSPS) is 21.0. The number of hydrogen-bond acceptors (Lipinski definition) is 6. The van der Waals surface area contributed by atoms with Crippen molar-refractivity contribution >= 4 is 17.4 Å². The van der Waals surface area contributed by atoms with Crippen molar-refractivity contribution in [3.63, 3.8) is 0 Å². The second kappa shape index (κ2) is 7.58. The van der Waals surface area contributed by atoms with Gasteiger partial charge in [-0.15, -0.1) is 0 Å². The predicted octanol–water partition coefficient (Wildman–Crippen LogP) is 3.53. The van der Waals surface area contributed by atoms with Crippen LogP contribution >= 0.6 is 0 Å². The van der Waals surface area contributed by atoms with Crippen LogP contribution in [0.5, 0.6) is 11.5 Å². The maximum absolute atomic E-state index is 15.1.